The summed E-state index contributed by atoms with van der Waals surface area (Å²) < 4.78 is 5.10. The van der Waals surface area contributed by atoms with Crippen LogP contribution in [0.4, 0.5) is 5.69 Å². The fraction of sp³-hybridized carbons (Fsp3) is 0.278. The standard InChI is InChI=1S/C18H20N2O3S/c1-12(2)13-7-4-5-9-15(13)20-16(21)11-23-18(22)14-8-6-10-19-17(14)24-3/h4-10,12H,11H2,1-3H3,(H,20,21). The van der Waals surface area contributed by atoms with Gasteiger partial charge in [-0.15, -0.1) is 11.8 Å². The third-order valence-corrected chi connectivity index (χ3v) is 4.09. The molecule has 0 bridgehead atoms. The zero-order valence-electron chi connectivity index (χ0n) is 13.9. The fourth-order valence-electron chi connectivity index (χ4n) is 2.22. The molecule has 1 N–H and O–H groups in total. The number of carbonyl (C=O) groups excluding carboxylic acids is 2. The average Bonchev–Trinajstić information content (AvgIpc) is 2.59. The Hall–Kier alpha value is -2.34. The lowest BCUT2D eigenvalue weighted by molar-refractivity contribution is -0.119. The lowest BCUT2D eigenvalue weighted by Gasteiger charge is -2.13. The third kappa shape index (κ3) is 4.58. The summed E-state index contributed by atoms with van der Waals surface area (Å²) in [4.78, 5) is 28.3. The number of amides is 1. The van der Waals surface area contributed by atoms with Crippen LogP contribution in [-0.2, 0) is 9.53 Å². The molecule has 0 radical (unpaired) electrons. The van der Waals surface area contributed by atoms with Crippen LogP contribution in [0.15, 0.2) is 47.6 Å². The lowest BCUT2D eigenvalue weighted by Crippen LogP contribution is -2.22. The van der Waals surface area contributed by atoms with Crippen LogP contribution in [0.5, 0.6) is 0 Å². The molecule has 126 valence electrons. The van der Waals surface area contributed by atoms with Gasteiger partial charge in [-0.3, -0.25) is 4.79 Å². The molecule has 0 atom stereocenters. The number of ether oxygens (including phenoxy) is 1. The van der Waals surface area contributed by atoms with Crippen LogP contribution in [0.3, 0.4) is 0 Å². The van der Waals surface area contributed by atoms with Gasteiger partial charge >= 0.3 is 5.97 Å². The van der Waals surface area contributed by atoms with Gasteiger partial charge in [-0.25, -0.2) is 9.78 Å². The van der Waals surface area contributed by atoms with E-state index in [-0.39, 0.29) is 18.4 Å². The largest absolute Gasteiger partial charge is 0.452 e. The molecule has 0 saturated heterocycles. The smallest absolute Gasteiger partial charge is 0.341 e. The van der Waals surface area contributed by atoms with E-state index in [1.54, 1.807) is 18.3 Å². The quantitative estimate of drug-likeness (QED) is 0.639. The molecule has 0 aliphatic rings. The summed E-state index contributed by atoms with van der Waals surface area (Å²) in [6.45, 7) is 3.77. The molecule has 1 heterocycles. The molecule has 0 aliphatic heterocycles. The first-order valence-electron chi connectivity index (χ1n) is 7.57. The predicted molar refractivity (Wildman–Crippen MR) is 95.5 cm³/mol. The van der Waals surface area contributed by atoms with E-state index in [9.17, 15) is 9.59 Å². The normalized spacial score (nSPS) is 10.5. The Labute approximate surface area is 145 Å². The number of para-hydroxylation sites is 1. The van der Waals surface area contributed by atoms with Gasteiger partial charge in [0.25, 0.3) is 5.91 Å². The van der Waals surface area contributed by atoms with Crippen molar-refractivity contribution >= 4 is 29.3 Å². The monoisotopic (exact) mass is 344 g/mol. The van der Waals surface area contributed by atoms with Crippen molar-refractivity contribution in [2.75, 3.05) is 18.2 Å². The number of aromatic nitrogens is 1. The zero-order valence-corrected chi connectivity index (χ0v) is 14.7. The highest BCUT2D eigenvalue weighted by Crippen LogP contribution is 2.23. The van der Waals surface area contributed by atoms with Crippen LogP contribution in [0, 0.1) is 0 Å². The van der Waals surface area contributed by atoms with Crippen LogP contribution in [-0.4, -0.2) is 29.7 Å². The van der Waals surface area contributed by atoms with E-state index in [0.717, 1.165) is 11.3 Å². The SMILES string of the molecule is CSc1ncccc1C(=O)OCC(=O)Nc1ccccc1C(C)C. The second-order valence-corrected chi connectivity index (χ2v) is 6.22. The molecule has 0 fully saturated rings. The maximum absolute atomic E-state index is 12.1. The maximum Gasteiger partial charge on any atom is 0.341 e. The molecule has 2 rings (SSSR count). The van der Waals surface area contributed by atoms with E-state index >= 15 is 0 Å². The van der Waals surface area contributed by atoms with Gasteiger partial charge in [0.15, 0.2) is 6.61 Å². The van der Waals surface area contributed by atoms with Gasteiger partial charge in [0.2, 0.25) is 0 Å². The summed E-state index contributed by atoms with van der Waals surface area (Å²) in [7, 11) is 0. The first-order valence-corrected chi connectivity index (χ1v) is 8.80. The maximum atomic E-state index is 12.1. The molecule has 0 aliphatic carbocycles. The molecule has 6 heteroatoms. The Morgan fingerprint density at radius 2 is 1.96 bits per heavy atom. The number of hydrogen-bond donors (Lipinski definition) is 1. The molecule has 0 spiro atoms. The van der Waals surface area contributed by atoms with Crippen LogP contribution in [0.25, 0.3) is 0 Å². The molecule has 2 aromatic rings. The third-order valence-electron chi connectivity index (χ3n) is 3.38. The molecular weight excluding hydrogens is 324 g/mol. The number of esters is 1. The number of rotatable bonds is 6. The Kier molecular flexibility index (Phi) is 6.37. The van der Waals surface area contributed by atoms with Crippen molar-refractivity contribution in [3.8, 4) is 0 Å². The molecule has 1 aromatic carbocycles. The fourth-order valence-corrected chi connectivity index (χ4v) is 2.76. The number of hydrogen-bond acceptors (Lipinski definition) is 5. The molecular formula is C18H20N2O3S. The van der Waals surface area contributed by atoms with Crippen molar-refractivity contribution in [3.05, 3.63) is 53.7 Å². The minimum Gasteiger partial charge on any atom is -0.452 e. The van der Waals surface area contributed by atoms with Crippen molar-refractivity contribution in [3.63, 3.8) is 0 Å². The van der Waals surface area contributed by atoms with Crippen LogP contribution in [0.2, 0.25) is 0 Å². The Morgan fingerprint density at radius 3 is 2.67 bits per heavy atom. The average molecular weight is 344 g/mol. The van der Waals surface area contributed by atoms with Gasteiger partial charge in [0, 0.05) is 11.9 Å². The predicted octanol–water partition coefficient (Wildman–Crippen LogP) is 3.72. The highest BCUT2D eigenvalue weighted by molar-refractivity contribution is 7.98. The van der Waals surface area contributed by atoms with Crippen molar-refractivity contribution in [1.29, 1.82) is 0 Å². The van der Waals surface area contributed by atoms with Crippen molar-refractivity contribution in [2.45, 2.75) is 24.8 Å². The minimum atomic E-state index is -0.556. The van der Waals surface area contributed by atoms with E-state index in [1.807, 2.05) is 30.5 Å². The van der Waals surface area contributed by atoms with Crippen molar-refractivity contribution < 1.29 is 14.3 Å². The van der Waals surface area contributed by atoms with E-state index in [4.69, 9.17) is 4.74 Å². The van der Waals surface area contributed by atoms with Gasteiger partial charge in [0.05, 0.1) is 5.56 Å². The summed E-state index contributed by atoms with van der Waals surface area (Å²) in [5.41, 5.74) is 2.13. The summed E-state index contributed by atoms with van der Waals surface area (Å²) in [6, 6.07) is 10.9. The van der Waals surface area contributed by atoms with Crippen molar-refractivity contribution in [2.24, 2.45) is 0 Å². The van der Waals surface area contributed by atoms with E-state index < -0.39 is 5.97 Å². The summed E-state index contributed by atoms with van der Waals surface area (Å²) in [6.07, 6.45) is 3.44. The number of pyridine rings is 1. The molecule has 1 aromatic heterocycles. The van der Waals surface area contributed by atoms with E-state index in [1.165, 1.54) is 11.8 Å². The Bertz CT molecular complexity index is 732. The molecule has 24 heavy (non-hydrogen) atoms. The first-order chi connectivity index (χ1) is 11.5. The second-order valence-electron chi connectivity index (χ2n) is 5.43. The molecule has 1 amide bonds. The van der Waals surface area contributed by atoms with Gasteiger partial charge < -0.3 is 10.1 Å². The van der Waals surface area contributed by atoms with Gasteiger partial charge in [-0.2, -0.15) is 0 Å². The highest BCUT2D eigenvalue weighted by Gasteiger charge is 2.15. The van der Waals surface area contributed by atoms with Crippen LogP contribution >= 0.6 is 11.8 Å². The number of nitrogens with one attached hydrogen (secondary N) is 1. The number of thioether (sulfide) groups is 1. The van der Waals surface area contributed by atoms with Crippen molar-refractivity contribution in [1.82, 2.24) is 4.98 Å². The number of benzene rings is 1. The first kappa shape index (κ1) is 18.0. The summed E-state index contributed by atoms with van der Waals surface area (Å²) in [5, 5.41) is 3.37. The van der Waals surface area contributed by atoms with Gasteiger partial charge in [-0.1, -0.05) is 32.0 Å². The minimum absolute atomic E-state index is 0.281. The molecule has 0 saturated carbocycles. The summed E-state index contributed by atoms with van der Waals surface area (Å²) >= 11 is 1.35. The van der Waals surface area contributed by atoms with Gasteiger partial charge in [-0.05, 0) is 35.9 Å². The number of anilines is 1. The lowest BCUT2D eigenvalue weighted by atomic mass is 10.0. The topological polar surface area (TPSA) is 68.3 Å². The van der Waals surface area contributed by atoms with E-state index in [2.05, 4.69) is 24.1 Å². The number of nitrogens with zero attached hydrogens (tertiary/aromatic N) is 1. The Balaban J connectivity index is 1.98. The highest BCUT2D eigenvalue weighted by atomic mass is 32.2. The zero-order chi connectivity index (χ0) is 17.5. The number of carbonyl (C=O) groups is 2. The second kappa shape index (κ2) is 8.49. The summed E-state index contributed by atoms with van der Waals surface area (Å²) in [5.74, 6) is -0.644. The van der Waals surface area contributed by atoms with Crippen LogP contribution < -0.4 is 5.32 Å². The molecule has 5 nitrogen and oxygen atoms in total. The van der Waals surface area contributed by atoms with E-state index in [0.29, 0.717) is 10.6 Å². The Morgan fingerprint density at radius 1 is 1.21 bits per heavy atom. The van der Waals surface area contributed by atoms with Gasteiger partial charge in [0.1, 0.15) is 5.03 Å². The van der Waals surface area contributed by atoms with Crippen LogP contribution in [0.1, 0.15) is 35.7 Å². The molecule has 0 unspecified atom stereocenters.